The molecular weight excluding hydrogens is 412 g/mol. The molecule has 1 aliphatic rings. The van der Waals surface area contributed by atoms with Gasteiger partial charge in [0.25, 0.3) is 11.7 Å². The van der Waals surface area contributed by atoms with Crippen molar-refractivity contribution in [3.8, 4) is 0 Å². The van der Waals surface area contributed by atoms with Crippen LogP contribution in [0.25, 0.3) is 5.76 Å². The van der Waals surface area contributed by atoms with Crippen molar-refractivity contribution in [2.24, 2.45) is 0 Å². The summed E-state index contributed by atoms with van der Waals surface area (Å²) >= 11 is 0. The molecule has 2 N–H and O–H groups in total. The van der Waals surface area contributed by atoms with Crippen LogP contribution in [0.4, 0.5) is 0 Å². The van der Waals surface area contributed by atoms with Gasteiger partial charge in [0, 0.05) is 12.2 Å². The molecule has 1 aromatic carbocycles. The number of hydrogen-bond acceptors (Lipinski definition) is 7. The monoisotopic (exact) mass is 440 g/mol. The molecule has 0 spiro atoms. The Morgan fingerprint density at radius 1 is 1.22 bits per heavy atom. The van der Waals surface area contributed by atoms with E-state index in [0.29, 0.717) is 41.0 Å². The third-order valence-electron chi connectivity index (χ3n) is 5.56. The van der Waals surface area contributed by atoms with Crippen molar-refractivity contribution < 1.29 is 24.2 Å². The molecular formula is C23H28N4O5. The number of carbonyl (C=O) groups is 3. The van der Waals surface area contributed by atoms with Crippen LogP contribution in [0.3, 0.4) is 0 Å². The maximum Gasteiger partial charge on any atom is 0.337 e. The molecule has 1 amide bonds. The van der Waals surface area contributed by atoms with Gasteiger partial charge in [-0.1, -0.05) is 12.1 Å². The van der Waals surface area contributed by atoms with E-state index in [1.165, 1.54) is 12.0 Å². The minimum Gasteiger partial charge on any atom is -0.507 e. The topological polar surface area (TPSA) is 116 Å². The van der Waals surface area contributed by atoms with Crippen LogP contribution >= 0.6 is 0 Å². The number of rotatable bonds is 7. The predicted molar refractivity (Wildman–Crippen MR) is 118 cm³/mol. The number of carbonyl (C=O) groups excluding carboxylic acids is 3. The maximum absolute atomic E-state index is 13.1. The second kappa shape index (κ2) is 9.35. The van der Waals surface area contributed by atoms with Crippen molar-refractivity contribution in [1.29, 1.82) is 0 Å². The van der Waals surface area contributed by atoms with Crippen molar-refractivity contribution in [3.63, 3.8) is 0 Å². The molecule has 1 saturated heterocycles. The van der Waals surface area contributed by atoms with E-state index in [1.807, 2.05) is 19.0 Å². The number of ketones is 1. The molecule has 0 bridgehead atoms. The lowest BCUT2D eigenvalue weighted by molar-refractivity contribution is -0.139. The Kier molecular flexibility index (Phi) is 6.78. The van der Waals surface area contributed by atoms with Gasteiger partial charge in [-0.15, -0.1) is 0 Å². The van der Waals surface area contributed by atoms with Gasteiger partial charge in [-0.2, -0.15) is 5.10 Å². The number of nitrogens with zero attached hydrogens (tertiary/aromatic N) is 3. The fourth-order valence-electron chi connectivity index (χ4n) is 3.97. The average Bonchev–Trinajstić information content (AvgIpc) is 3.23. The third-order valence-corrected chi connectivity index (χ3v) is 5.56. The summed E-state index contributed by atoms with van der Waals surface area (Å²) in [6.45, 7) is 4.53. The van der Waals surface area contributed by atoms with Gasteiger partial charge < -0.3 is 19.6 Å². The van der Waals surface area contributed by atoms with Crippen LogP contribution in [0.2, 0.25) is 0 Å². The van der Waals surface area contributed by atoms with Gasteiger partial charge in [-0.3, -0.25) is 14.7 Å². The normalized spacial score (nSPS) is 17.9. The highest BCUT2D eigenvalue weighted by atomic mass is 16.5. The quantitative estimate of drug-likeness (QED) is 0.293. The number of esters is 1. The van der Waals surface area contributed by atoms with Gasteiger partial charge in [-0.25, -0.2) is 4.79 Å². The lowest BCUT2D eigenvalue weighted by atomic mass is 9.94. The van der Waals surface area contributed by atoms with Crippen LogP contribution in [0.15, 0.2) is 29.8 Å². The van der Waals surface area contributed by atoms with E-state index < -0.39 is 23.7 Å². The Morgan fingerprint density at radius 3 is 2.41 bits per heavy atom. The van der Waals surface area contributed by atoms with E-state index in [0.717, 1.165) is 6.54 Å². The standard InChI is InChI=1S/C23H28N4O5/c1-13-17(14(2)25-24-13)20(28)18-19(15-7-9-16(10-8-15)23(31)32-5)27(22(30)21(18)29)12-6-11-26(3)4/h7-10,19,28H,6,11-12H2,1-5H3,(H,24,25). The molecule has 1 atom stereocenters. The number of amides is 1. The molecule has 0 radical (unpaired) electrons. The Hall–Kier alpha value is -3.46. The van der Waals surface area contributed by atoms with E-state index in [9.17, 15) is 19.5 Å². The van der Waals surface area contributed by atoms with Crippen molar-refractivity contribution in [2.45, 2.75) is 26.3 Å². The Labute approximate surface area is 186 Å². The van der Waals surface area contributed by atoms with Crippen molar-refractivity contribution in [2.75, 3.05) is 34.3 Å². The number of nitrogens with one attached hydrogen (secondary N) is 1. The molecule has 9 heteroatoms. The first-order valence-electron chi connectivity index (χ1n) is 10.3. The van der Waals surface area contributed by atoms with Gasteiger partial charge in [0.15, 0.2) is 0 Å². The van der Waals surface area contributed by atoms with Gasteiger partial charge >= 0.3 is 5.97 Å². The number of benzene rings is 1. The first kappa shape index (κ1) is 23.2. The van der Waals surface area contributed by atoms with Crippen LogP contribution in [-0.4, -0.2) is 77.1 Å². The molecule has 1 fully saturated rings. The number of ether oxygens (including phenoxy) is 1. The van der Waals surface area contributed by atoms with Crippen LogP contribution in [0.1, 0.15) is 45.3 Å². The zero-order valence-corrected chi connectivity index (χ0v) is 18.9. The number of methoxy groups -OCH3 is 1. The zero-order chi connectivity index (χ0) is 23.6. The number of aryl methyl sites for hydroxylation is 2. The van der Waals surface area contributed by atoms with Crippen LogP contribution in [0, 0.1) is 13.8 Å². The lowest BCUT2D eigenvalue weighted by Crippen LogP contribution is -2.32. The molecule has 1 unspecified atom stereocenters. The van der Waals surface area contributed by atoms with Crippen LogP contribution in [-0.2, 0) is 14.3 Å². The fourth-order valence-corrected chi connectivity index (χ4v) is 3.97. The summed E-state index contributed by atoms with van der Waals surface area (Å²) in [6.07, 6.45) is 0.653. The summed E-state index contributed by atoms with van der Waals surface area (Å²) in [5.41, 5.74) is 2.51. The second-order valence-corrected chi connectivity index (χ2v) is 8.07. The van der Waals surface area contributed by atoms with Gasteiger partial charge in [0.05, 0.1) is 35.5 Å². The Morgan fingerprint density at radius 2 is 1.88 bits per heavy atom. The lowest BCUT2D eigenvalue weighted by Gasteiger charge is -2.26. The maximum atomic E-state index is 13.1. The number of Topliss-reactive ketones (excluding diaryl/α,β-unsaturated/α-hetero) is 1. The summed E-state index contributed by atoms with van der Waals surface area (Å²) < 4.78 is 4.75. The van der Waals surface area contributed by atoms with E-state index in [1.54, 1.807) is 38.1 Å². The summed E-state index contributed by atoms with van der Waals surface area (Å²) in [5, 5.41) is 18.0. The first-order chi connectivity index (χ1) is 15.2. The number of hydrogen-bond donors (Lipinski definition) is 2. The van der Waals surface area contributed by atoms with Gasteiger partial charge in [0.1, 0.15) is 5.76 Å². The largest absolute Gasteiger partial charge is 0.507 e. The highest BCUT2D eigenvalue weighted by Crippen LogP contribution is 2.40. The molecule has 3 rings (SSSR count). The minimum absolute atomic E-state index is 0.0123. The van der Waals surface area contributed by atoms with Crippen LogP contribution < -0.4 is 0 Å². The molecule has 0 aliphatic carbocycles. The summed E-state index contributed by atoms with van der Waals surface area (Å²) in [5.74, 6) is -2.15. The number of likely N-dealkylation sites (tertiary alicyclic amines) is 1. The fraction of sp³-hybridized carbons (Fsp3) is 0.391. The molecule has 0 saturated carbocycles. The molecule has 32 heavy (non-hydrogen) atoms. The van der Waals surface area contributed by atoms with Crippen molar-refractivity contribution in [1.82, 2.24) is 20.0 Å². The van der Waals surface area contributed by atoms with Gasteiger partial charge in [0.2, 0.25) is 0 Å². The molecule has 2 aromatic rings. The summed E-state index contributed by atoms with van der Waals surface area (Å²) in [6, 6.07) is 5.72. The van der Waals surface area contributed by atoms with Crippen molar-refractivity contribution >= 4 is 23.4 Å². The zero-order valence-electron chi connectivity index (χ0n) is 18.9. The minimum atomic E-state index is -0.780. The number of aromatic amines is 1. The molecule has 9 nitrogen and oxygen atoms in total. The molecule has 1 aromatic heterocycles. The van der Waals surface area contributed by atoms with Crippen molar-refractivity contribution in [3.05, 3.63) is 57.9 Å². The highest BCUT2D eigenvalue weighted by molar-refractivity contribution is 6.46. The predicted octanol–water partition coefficient (Wildman–Crippen LogP) is 2.19. The van der Waals surface area contributed by atoms with E-state index in [-0.39, 0.29) is 11.3 Å². The van der Waals surface area contributed by atoms with E-state index in [2.05, 4.69) is 10.2 Å². The SMILES string of the molecule is COC(=O)c1ccc(C2C(=C(O)c3c(C)n[nH]c3C)C(=O)C(=O)N2CCCN(C)C)cc1. The summed E-state index contributed by atoms with van der Waals surface area (Å²) in [4.78, 5) is 41.3. The number of aliphatic hydroxyl groups is 1. The van der Waals surface area contributed by atoms with E-state index in [4.69, 9.17) is 4.74 Å². The van der Waals surface area contributed by atoms with Crippen LogP contribution in [0.5, 0.6) is 0 Å². The molecule has 2 heterocycles. The Bertz CT molecular complexity index is 1050. The van der Waals surface area contributed by atoms with Gasteiger partial charge in [-0.05, 0) is 58.6 Å². The Balaban J connectivity index is 2.12. The van der Waals surface area contributed by atoms with E-state index >= 15 is 0 Å². The second-order valence-electron chi connectivity index (χ2n) is 8.07. The number of aromatic nitrogens is 2. The average molecular weight is 441 g/mol. The number of aliphatic hydroxyl groups excluding tert-OH is 1. The highest BCUT2D eigenvalue weighted by Gasteiger charge is 2.46. The first-order valence-corrected chi connectivity index (χ1v) is 10.3. The number of H-pyrrole nitrogens is 1. The molecule has 170 valence electrons. The summed E-state index contributed by atoms with van der Waals surface area (Å²) in [7, 11) is 5.16. The molecule has 1 aliphatic heterocycles. The smallest absolute Gasteiger partial charge is 0.337 e. The third kappa shape index (κ3) is 4.29.